The normalized spacial score (nSPS) is 22.5. The van der Waals surface area contributed by atoms with Gasteiger partial charge in [-0.05, 0) is 43.7 Å². The lowest BCUT2D eigenvalue weighted by Gasteiger charge is -2.34. The van der Waals surface area contributed by atoms with Crippen molar-refractivity contribution in [1.29, 1.82) is 0 Å². The minimum Gasteiger partial charge on any atom is -0.491 e. The van der Waals surface area contributed by atoms with E-state index in [1.807, 2.05) is 30.3 Å². The lowest BCUT2D eigenvalue weighted by Crippen LogP contribution is -2.45. The molecule has 0 aromatic heterocycles. The molecular weight excluding hydrogens is 418 g/mol. The minimum absolute atomic E-state index is 0.0915. The molecule has 2 amide bonds. The van der Waals surface area contributed by atoms with Gasteiger partial charge in [-0.2, -0.15) is 0 Å². The van der Waals surface area contributed by atoms with Gasteiger partial charge in [0.05, 0.1) is 18.1 Å². The van der Waals surface area contributed by atoms with Crippen molar-refractivity contribution in [1.82, 2.24) is 9.80 Å². The molecule has 2 aromatic carbocycles. The number of anilines is 1. The number of carbonyl (C=O) groups excluding carboxylic acids is 2. The van der Waals surface area contributed by atoms with Crippen LogP contribution in [-0.2, 0) is 16.0 Å². The van der Waals surface area contributed by atoms with E-state index >= 15 is 0 Å². The number of ether oxygens (including phenoxy) is 2. The highest BCUT2D eigenvalue weighted by Crippen LogP contribution is 2.26. The van der Waals surface area contributed by atoms with Gasteiger partial charge in [0.25, 0.3) is 5.91 Å². The van der Waals surface area contributed by atoms with Crippen LogP contribution in [-0.4, -0.2) is 74.7 Å². The Bertz CT molecular complexity index is 950. The van der Waals surface area contributed by atoms with Gasteiger partial charge >= 0.3 is 0 Å². The highest BCUT2D eigenvalue weighted by molar-refractivity contribution is 5.99. The average molecular weight is 454 g/mol. The fourth-order valence-electron chi connectivity index (χ4n) is 4.02. The molecule has 0 saturated carbocycles. The lowest BCUT2D eigenvalue weighted by atomic mass is 10.0. The maximum absolute atomic E-state index is 13.4. The van der Waals surface area contributed by atoms with Gasteiger partial charge < -0.3 is 19.7 Å². The quantitative estimate of drug-likeness (QED) is 0.769. The van der Waals surface area contributed by atoms with Gasteiger partial charge in [0, 0.05) is 39.0 Å². The van der Waals surface area contributed by atoms with E-state index in [1.165, 1.54) is 0 Å². The number of methoxy groups -OCH3 is 1. The van der Waals surface area contributed by atoms with Gasteiger partial charge in [-0.15, -0.1) is 0 Å². The molecular formula is C26H35N3O4. The summed E-state index contributed by atoms with van der Waals surface area (Å²) in [6, 6.07) is 14.9. The molecule has 1 heterocycles. The summed E-state index contributed by atoms with van der Waals surface area (Å²) >= 11 is 0. The number of hydrogen-bond acceptors (Lipinski definition) is 5. The van der Waals surface area contributed by atoms with Gasteiger partial charge in [-0.3, -0.25) is 14.5 Å². The van der Waals surface area contributed by atoms with Crippen LogP contribution < -0.4 is 10.1 Å². The Morgan fingerprint density at radius 1 is 1.12 bits per heavy atom. The first-order valence-electron chi connectivity index (χ1n) is 11.4. The summed E-state index contributed by atoms with van der Waals surface area (Å²) in [5.41, 5.74) is 1.92. The van der Waals surface area contributed by atoms with Crippen LogP contribution in [0.15, 0.2) is 48.5 Å². The fourth-order valence-corrected chi connectivity index (χ4v) is 4.02. The fraction of sp³-hybridized carbons (Fsp3) is 0.462. The summed E-state index contributed by atoms with van der Waals surface area (Å²) in [7, 11) is 5.53. The van der Waals surface area contributed by atoms with Crippen molar-refractivity contribution in [2.45, 2.75) is 32.4 Å². The van der Waals surface area contributed by atoms with E-state index in [2.05, 4.69) is 31.1 Å². The molecule has 0 unspecified atom stereocenters. The van der Waals surface area contributed by atoms with E-state index in [0.29, 0.717) is 30.2 Å². The molecule has 3 rings (SSSR count). The first-order valence-corrected chi connectivity index (χ1v) is 11.4. The number of nitrogens with one attached hydrogen (secondary N) is 1. The second-order valence-electron chi connectivity index (χ2n) is 8.96. The van der Waals surface area contributed by atoms with Crippen molar-refractivity contribution in [2.75, 3.05) is 46.2 Å². The number of likely N-dealkylation sites (N-methyl/N-ethyl adjacent to an activating group) is 2. The third-order valence-corrected chi connectivity index (χ3v) is 6.25. The molecule has 33 heavy (non-hydrogen) atoms. The van der Waals surface area contributed by atoms with Crippen LogP contribution in [0.4, 0.5) is 5.69 Å². The molecule has 7 heteroatoms. The Kier molecular flexibility index (Phi) is 8.47. The minimum atomic E-state index is -0.167. The van der Waals surface area contributed by atoms with Gasteiger partial charge in [-0.1, -0.05) is 37.3 Å². The summed E-state index contributed by atoms with van der Waals surface area (Å²) in [5, 5.41) is 2.91. The Labute approximate surface area is 196 Å². The number of carbonyl (C=O) groups is 2. The summed E-state index contributed by atoms with van der Waals surface area (Å²) in [5.74, 6) is 0.440. The van der Waals surface area contributed by atoms with Crippen LogP contribution in [0.25, 0.3) is 0 Å². The Hall–Kier alpha value is -2.90. The second-order valence-corrected chi connectivity index (χ2v) is 8.96. The molecule has 0 saturated heterocycles. The molecule has 1 aliphatic heterocycles. The van der Waals surface area contributed by atoms with Crippen LogP contribution in [0.2, 0.25) is 0 Å². The Morgan fingerprint density at radius 2 is 1.85 bits per heavy atom. The lowest BCUT2D eigenvalue weighted by molar-refractivity contribution is -0.115. The first kappa shape index (κ1) is 24.7. The van der Waals surface area contributed by atoms with Crippen molar-refractivity contribution in [2.24, 2.45) is 5.92 Å². The van der Waals surface area contributed by atoms with E-state index in [1.54, 1.807) is 37.3 Å². The number of fused-ring (bicyclic) bond motifs is 1. The van der Waals surface area contributed by atoms with Crippen molar-refractivity contribution in [3.05, 3.63) is 59.7 Å². The third kappa shape index (κ3) is 6.55. The molecule has 0 aliphatic carbocycles. The first-order chi connectivity index (χ1) is 15.8. The van der Waals surface area contributed by atoms with E-state index in [9.17, 15) is 9.59 Å². The van der Waals surface area contributed by atoms with Crippen LogP contribution in [0.1, 0.15) is 29.8 Å². The number of nitrogens with zero attached hydrogens (tertiary/aromatic N) is 2. The molecule has 7 nitrogen and oxygen atoms in total. The molecule has 1 N–H and O–H groups in total. The van der Waals surface area contributed by atoms with Crippen molar-refractivity contribution < 1.29 is 19.1 Å². The molecule has 0 bridgehead atoms. The molecule has 1 aliphatic rings. The van der Waals surface area contributed by atoms with Crippen LogP contribution in [0.3, 0.4) is 0 Å². The summed E-state index contributed by atoms with van der Waals surface area (Å²) in [4.78, 5) is 29.8. The van der Waals surface area contributed by atoms with Gasteiger partial charge in [0.15, 0.2) is 0 Å². The van der Waals surface area contributed by atoms with E-state index < -0.39 is 0 Å². The molecule has 0 spiro atoms. The monoisotopic (exact) mass is 453 g/mol. The Balaban J connectivity index is 1.85. The molecule has 0 radical (unpaired) electrons. The summed E-state index contributed by atoms with van der Waals surface area (Å²) < 4.78 is 11.8. The predicted octanol–water partition coefficient (Wildman–Crippen LogP) is 3.30. The maximum Gasteiger partial charge on any atom is 0.257 e. The van der Waals surface area contributed by atoms with Gasteiger partial charge in [0.1, 0.15) is 12.4 Å². The molecule has 2 aromatic rings. The average Bonchev–Trinajstić information content (AvgIpc) is 2.80. The second kappa shape index (κ2) is 11.3. The zero-order valence-corrected chi connectivity index (χ0v) is 20.2. The van der Waals surface area contributed by atoms with Crippen molar-refractivity contribution in [3.63, 3.8) is 0 Å². The molecule has 178 valence electrons. The summed E-state index contributed by atoms with van der Waals surface area (Å²) in [6.07, 6.45) is 0.172. The topological polar surface area (TPSA) is 71.1 Å². The van der Waals surface area contributed by atoms with Gasteiger partial charge in [0.2, 0.25) is 5.91 Å². The highest BCUT2D eigenvalue weighted by atomic mass is 16.5. The SMILES string of the molecule is CO[C@H]1CN(C)C(=O)c2cc(NC(=O)Cc3ccccc3)ccc2OC[C@H](C)N(C)C[C@H]1C. The van der Waals surface area contributed by atoms with E-state index in [-0.39, 0.29) is 36.3 Å². The molecule has 3 atom stereocenters. The van der Waals surface area contributed by atoms with Gasteiger partial charge in [-0.25, -0.2) is 0 Å². The molecule has 0 fully saturated rings. The number of benzene rings is 2. The third-order valence-electron chi connectivity index (χ3n) is 6.25. The number of rotatable bonds is 4. The predicted molar refractivity (Wildman–Crippen MR) is 130 cm³/mol. The number of amides is 2. The zero-order chi connectivity index (χ0) is 24.0. The maximum atomic E-state index is 13.4. The van der Waals surface area contributed by atoms with Crippen LogP contribution in [0.5, 0.6) is 5.75 Å². The highest BCUT2D eigenvalue weighted by Gasteiger charge is 2.27. The largest absolute Gasteiger partial charge is 0.491 e. The standard InChI is InChI=1S/C26H35N3O4/c1-18-15-28(3)19(2)17-33-23-12-11-21(27-25(30)13-20-9-7-6-8-10-20)14-22(23)26(31)29(4)16-24(18)32-5/h6-12,14,18-19,24H,13,15-17H2,1-5H3,(H,27,30)/t18-,19+,24+/m1/s1. The zero-order valence-electron chi connectivity index (χ0n) is 20.2. The van der Waals surface area contributed by atoms with Crippen LogP contribution >= 0.6 is 0 Å². The Morgan fingerprint density at radius 3 is 2.55 bits per heavy atom. The van der Waals surface area contributed by atoms with Crippen molar-refractivity contribution >= 4 is 17.5 Å². The smallest absolute Gasteiger partial charge is 0.257 e. The number of hydrogen-bond donors (Lipinski definition) is 1. The van der Waals surface area contributed by atoms with Crippen LogP contribution in [0, 0.1) is 5.92 Å². The summed E-state index contributed by atoms with van der Waals surface area (Å²) in [6.45, 7) is 5.99. The van der Waals surface area contributed by atoms with E-state index in [0.717, 1.165) is 12.1 Å². The van der Waals surface area contributed by atoms with Crippen molar-refractivity contribution in [3.8, 4) is 5.75 Å². The van der Waals surface area contributed by atoms with E-state index in [4.69, 9.17) is 9.47 Å².